The zero-order valence-corrected chi connectivity index (χ0v) is 14.6. The maximum absolute atomic E-state index is 12.3. The maximum Gasteiger partial charge on any atom is 0.242 e. The first-order chi connectivity index (χ1) is 8.90. The Hall–Kier alpha value is -0.280. The van der Waals surface area contributed by atoms with Crippen molar-refractivity contribution >= 4 is 53.2 Å². The Morgan fingerprint density at radius 2 is 2.11 bits per heavy atom. The summed E-state index contributed by atoms with van der Waals surface area (Å²) >= 11 is 7.97. The van der Waals surface area contributed by atoms with Gasteiger partial charge in [0.1, 0.15) is 5.01 Å². The molecule has 0 amide bonds. The van der Waals surface area contributed by atoms with Crippen LogP contribution in [-0.2, 0) is 10.0 Å². The highest BCUT2D eigenvalue weighted by Gasteiger charge is 2.22. The Bertz CT molecular complexity index is 672. The molecule has 0 fully saturated rings. The second-order valence-electron chi connectivity index (χ2n) is 3.79. The van der Waals surface area contributed by atoms with Crippen LogP contribution in [0.2, 0.25) is 0 Å². The van der Waals surface area contributed by atoms with E-state index < -0.39 is 10.0 Å². The quantitative estimate of drug-likeness (QED) is 0.812. The van der Waals surface area contributed by atoms with Crippen LogP contribution in [0, 0.1) is 0 Å². The molecule has 0 saturated heterocycles. The predicted octanol–water partition coefficient (Wildman–Crippen LogP) is 3.71. The van der Waals surface area contributed by atoms with E-state index in [-0.39, 0.29) is 10.9 Å². The average Bonchev–Trinajstić information content (AvgIpc) is 2.80. The van der Waals surface area contributed by atoms with Gasteiger partial charge in [-0.2, -0.15) is 0 Å². The highest BCUT2D eigenvalue weighted by molar-refractivity contribution is 9.11. The number of rotatable bonds is 4. The van der Waals surface area contributed by atoms with Gasteiger partial charge in [0.05, 0.1) is 10.9 Å². The van der Waals surface area contributed by atoms with Crippen LogP contribution in [0.5, 0.6) is 0 Å². The first kappa shape index (κ1) is 15.1. The van der Waals surface area contributed by atoms with Gasteiger partial charge in [-0.3, -0.25) is 0 Å². The number of halogens is 2. The molecule has 0 spiro atoms. The standard InChI is InChI=1S/C11H10Br2N2O2S2/c1-7(11-14-4-5-18-11)15-19(16,17)10-3-2-8(12)6-9(10)13/h2-7,15H,1H3. The van der Waals surface area contributed by atoms with Crippen LogP contribution < -0.4 is 4.72 Å². The van der Waals surface area contributed by atoms with E-state index in [1.165, 1.54) is 11.3 Å². The molecule has 0 aliphatic rings. The van der Waals surface area contributed by atoms with Crippen LogP contribution in [0.1, 0.15) is 18.0 Å². The molecule has 0 aliphatic carbocycles. The zero-order chi connectivity index (χ0) is 14.0. The molecule has 0 aliphatic heterocycles. The van der Waals surface area contributed by atoms with Crippen molar-refractivity contribution in [1.82, 2.24) is 9.71 Å². The van der Waals surface area contributed by atoms with Crippen molar-refractivity contribution in [1.29, 1.82) is 0 Å². The van der Waals surface area contributed by atoms with Crippen molar-refractivity contribution in [2.24, 2.45) is 0 Å². The van der Waals surface area contributed by atoms with Gasteiger partial charge in [-0.1, -0.05) is 15.9 Å². The summed E-state index contributed by atoms with van der Waals surface area (Å²) in [5.74, 6) is 0. The smallest absolute Gasteiger partial charge is 0.242 e. The second kappa shape index (κ2) is 6.01. The van der Waals surface area contributed by atoms with Crippen LogP contribution in [0.25, 0.3) is 0 Å². The van der Waals surface area contributed by atoms with Crippen molar-refractivity contribution < 1.29 is 8.42 Å². The lowest BCUT2D eigenvalue weighted by Crippen LogP contribution is -2.27. The summed E-state index contributed by atoms with van der Waals surface area (Å²) in [5, 5.41) is 2.55. The number of benzene rings is 1. The number of nitrogens with one attached hydrogen (secondary N) is 1. The number of hydrogen-bond acceptors (Lipinski definition) is 4. The summed E-state index contributed by atoms with van der Waals surface area (Å²) in [6, 6.07) is 4.57. The summed E-state index contributed by atoms with van der Waals surface area (Å²) < 4.78 is 28.5. The molecule has 1 atom stereocenters. The maximum atomic E-state index is 12.3. The minimum Gasteiger partial charge on any atom is -0.248 e. The van der Waals surface area contributed by atoms with Crippen molar-refractivity contribution in [3.8, 4) is 0 Å². The van der Waals surface area contributed by atoms with Gasteiger partial charge in [-0.05, 0) is 41.1 Å². The van der Waals surface area contributed by atoms with Crippen LogP contribution in [0.3, 0.4) is 0 Å². The van der Waals surface area contributed by atoms with Crippen LogP contribution in [0.4, 0.5) is 0 Å². The van der Waals surface area contributed by atoms with E-state index in [0.717, 1.165) is 9.48 Å². The molecule has 102 valence electrons. The number of nitrogens with zero attached hydrogens (tertiary/aromatic N) is 1. The Balaban J connectivity index is 2.28. The van der Waals surface area contributed by atoms with Gasteiger partial charge in [-0.25, -0.2) is 18.1 Å². The topological polar surface area (TPSA) is 59.1 Å². The molecule has 4 nitrogen and oxygen atoms in total. The Morgan fingerprint density at radius 3 is 2.68 bits per heavy atom. The van der Waals surface area contributed by atoms with Gasteiger partial charge in [0.15, 0.2) is 0 Å². The first-order valence-corrected chi connectivity index (χ1v) is 9.22. The molecule has 1 aromatic carbocycles. The highest BCUT2D eigenvalue weighted by Crippen LogP contribution is 2.27. The lowest BCUT2D eigenvalue weighted by molar-refractivity contribution is 0.566. The Kier molecular flexibility index (Phi) is 4.78. The van der Waals surface area contributed by atoms with E-state index in [2.05, 4.69) is 41.6 Å². The molecule has 2 rings (SSSR count). The summed E-state index contributed by atoms with van der Waals surface area (Å²) in [4.78, 5) is 4.31. The van der Waals surface area contributed by atoms with Gasteiger partial charge in [0.25, 0.3) is 0 Å². The lowest BCUT2D eigenvalue weighted by atomic mass is 10.4. The molecular formula is C11H10Br2N2O2S2. The van der Waals surface area contributed by atoms with Gasteiger partial charge in [-0.15, -0.1) is 11.3 Å². The SMILES string of the molecule is CC(NS(=O)(=O)c1ccc(Br)cc1Br)c1nccs1. The Morgan fingerprint density at radius 1 is 1.37 bits per heavy atom. The summed E-state index contributed by atoms with van der Waals surface area (Å²) in [6.45, 7) is 1.77. The van der Waals surface area contributed by atoms with Crippen molar-refractivity contribution in [2.45, 2.75) is 17.9 Å². The second-order valence-corrected chi connectivity index (χ2v) is 8.17. The predicted molar refractivity (Wildman–Crippen MR) is 82.7 cm³/mol. The van der Waals surface area contributed by atoms with E-state index in [9.17, 15) is 8.42 Å². The number of aromatic nitrogens is 1. The fourth-order valence-electron chi connectivity index (χ4n) is 1.49. The van der Waals surface area contributed by atoms with E-state index >= 15 is 0 Å². The molecule has 8 heteroatoms. The molecule has 1 heterocycles. The zero-order valence-electron chi connectivity index (χ0n) is 9.80. The summed E-state index contributed by atoms with van der Waals surface area (Å²) in [5.41, 5.74) is 0. The lowest BCUT2D eigenvalue weighted by Gasteiger charge is -2.13. The molecule has 2 aromatic rings. The van der Waals surface area contributed by atoms with E-state index in [4.69, 9.17) is 0 Å². The average molecular weight is 426 g/mol. The van der Waals surface area contributed by atoms with Crippen molar-refractivity contribution in [3.63, 3.8) is 0 Å². The van der Waals surface area contributed by atoms with E-state index in [1.807, 2.05) is 5.38 Å². The van der Waals surface area contributed by atoms with Crippen LogP contribution in [-0.4, -0.2) is 13.4 Å². The van der Waals surface area contributed by atoms with Gasteiger partial charge < -0.3 is 0 Å². The van der Waals surface area contributed by atoms with Gasteiger partial charge >= 0.3 is 0 Å². The third-order valence-corrected chi connectivity index (χ3v) is 6.31. The summed E-state index contributed by atoms with van der Waals surface area (Å²) in [6.07, 6.45) is 1.65. The number of sulfonamides is 1. The molecule has 1 aromatic heterocycles. The minimum atomic E-state index is -3.58. The summed E-state index contributed by atoms with van der Waals surface area (Å²) in [7, 11) is -3.58. The fourth-order valence-corrected chi connectivity index (χ4v) is 5.16. The molecule has 0 radical (unpaired) electrons. The minimum absolute atomic E-state index is 0.208. The van der Waals surface area contributed by atoms with Crippen molar-refractivity contribution in [2.75, 3.05) is 0 Å². The Labute approximate surface area is 132 Å². The first-order valence-electron chi connectivity index (χ1n) is 5.27. The molecule has 0 saturated carbocycles. The van der Waals surface area contributed by atoms with Crippen molar-refractivity contribution in [3.05, 3.63) is 43.7 Å². The molecule has 19 heavy (non-hydrogen) atoms. The highest BCUT2D eigenvalue weighted by atomic mass is 79.9. The largest absolute Gasteiger partial charge is 0.248 e. The monoisotopic (exact) mass is 424 g/mol. The third-order valence-electron chi connectivity index (χ3n) is 2.34. The van der Waals surface area contributed by atoms with Gasteiger partial charge in [0, 0.05) is 20.5 Å². The fraction of sp³-hybridized carbons (Fsp3) is 0.182. The van der Waals surface area contributed by atoms with E-state index in [1.54, 1.807) is 31.3 Å². The molecule has 0 bridgehead atoms. The van der Waals surface area contributed by atoms with E-state index in [0.29, 0.717) is 4.47 Å². The number of thiazole rings is 1. The third kappa shape index (κ3) is 3.63. The number of hydrogen-bond donors (Lipinski definition) is 1. The normalized spacial score (nSPS) is 13.4. The molecular weight excluding hydrogens is 416 g/mol. The molecule has 1 unspecified atom stereocenters. The molecule has 1 N–H and O–H groups in total. The van der Waals surface area contributed by atoms with Crippen LogP contribution in [0.15, 0.2) is 43.6 Å². The van der Waals surface area contributed by atoms with Gasteiger partial charge in [0.2, 0.25) is 10.0 Å². The van der Waals surface area contributed by atoms with Crippen LogP contribution >= 0.6 is 43.2 Å².